The van der Waals surface area contributed by atoms with Crippen LogP contribution in [0.15, 0.2) is 41.3 Å². The van der Waals surface area contributed by atoms with Gasteiger partial charge >= 0.3 is 12.1 Å². The molecular formula is C37H44F5N3O4. The highest BCUT2D eigenvalue weighted by molar-refractivity contribution is 5.82. The lowest BCUT2D eigenvalue weighted by molar-refractivity contribution is -0.139. The first-order valence-corrected chi connectivity index (χ1v) is 16.7. The summed E-state index contributed by atoms with van der Waals surface area (Å²) >= 11 is 0. The minimum Gasteiger partial charge on any atom is -0.481 e. The Labute approximate surface area is 283 Å². The number of carbonyl (C=O) groups is 2. The number of carboxylic acids is 1. The van der Waals surface area contributed by atoms with Crippen molar-refractivity contribution in [3.05, 3.63) is 91.9 Å². The number of aryl methyl sites for hydroxylation is 4. The maximum atomic E-state index is 15.9. The van der Waals surface area contributed by atoms with E-state index in [2.05, 4.69) is 5.32 Å². The zero-order valence-corrected chi connectivity index (χ0v) is 28.4. The molecule has 1 aliphatic rings. The number of alkyl halides is 3. The predicted octanol–water partition coefficient (Wildman–Crippen LogP) is 7.69. The summed E-state index contributed by atoms with van der Waals surface area (Å²) in [6, 6.07) is 3.77. The number of hydrogen-bond acceptors (Lipinski definition) is 4. The third kappa shape index (κ3) is 9.55. The van der Waals surface area contributed by atoms with Gasteiger partial charge in [0.25, 0.3) is 5.56 Å². The molecule has 0 saturated carbocycles. The molecule has 0 fully saturated rings. The lowest BCUT2D eigenvalue weighted by Gasteiger charge is -2.26. The van der Waals surface area contributed by atoms with Crippen molar-refractivity contribution in [3.63, 3.8) is 0 Å². The molecule has 0 saturated heterocycles. The third-order valence-electron chi connectivity index (χ3n) is 9.11. The van der Waals surface area contributed by atoms with Crippen molar-refractivity contribution in [2.24, 2.45) is 0 Å². The van der Waals surface area contributed by atoms with E-state index < -0.39 is 59.3 Å². The van der Waals surface area contributed by atoms with Crippen molar-refractivity contribution < 1.29 is 36.6 Å². The molecule has 7 nitrogen and oxygen atoms in total. The van der Waals surface area contributed by atoms with Gasteiger partial charge in [-0.15, -0.1) is 0 Å². The molecule has 49 heavy (non-hydrogen) atoms. The number of aromatic nitrogens is 1. The molecule has 0 radical (unpaired) electrons. The Morgan fingerprint density at radius 3 is 2.35 bits per heavy atom. The fourth-order valence-electron chi connectivity index (χ4n) is 6.76. The highest BCUT2D eigenvalue weighted by atomic mass is 19.4. The van der Waals surface area contributed by atoms with Gasteiger partial charge in [0.15, 0.2) is 0 Å². The van der Waals surface area contributed by atoms with E-state index in [1.54, 1.807) is 27.1 Å². The number of rotatable bonds is 7. The van der Waals surface area contributed by atoms with Crippen LogP contribution in [0.25, 0.3) is 11.1 Å². The minimum atomic E-state index is -4.79. The molecule has 2 N–H and O–H groups in total. The van der Waals surface area contributed by atoms with Crippen LogP contribution in [0.5, 0.6) is 0 Å². The first kappa shape index (κ1) is 37.8. The number of nitrogens with zero attached hydrogens (tertiary/aromatic N) is 2. The van der Waals surface area contributed by atoms with E-state index in [4.69, 9.17) is 0 Å². The van der Waals surface area contributed by atoms with E-state index in [0.717, 1.165) is 35.6 Å². The van der Waals surface area contributed by atoms with Crippen LogP contribution in [0.3, 0.4) is 0 Å². The molecule has 0 spiro atoms. The van der Waals surface area contributed by atoms with Crippen LogP contribution in [0, 0.1) is 25.5 Å². The minimum absolute atomic E-state index is 0.00531. The van der Waals surface area contributed by atoms with Gasteiger partial charge in [-0.25, -0.2) is 8.78 Å². The topological polar surface area (TPSA) is 91.6 Å². The lowest BCUT2D eigenvalue weighted by Crippen LogP contribution is -2.40. The average molecular weight is 690 g/mol. The van der Waals surface area contributed by atoms with Gasteiger partial charge in [0, 0.05) is 17.8 Å². The van der Waals surface area contributed by atoms with Crippen LogP contribution in [0.4, 0.5) is 22.0 Å². The number of aliphatic carboxylic acids is 1. The molecule has 1 amide bonds. The molecule has 1 aromatic heterocycles. The van der Waals surface area contributed by atoms with Crippen molar-refractivity contribution in [1.29, 1.82) is 0 Å². The van der Waals surface area contributed by atoms with E-state index >= 15 is 4.39 Å². The van der Waals surface area contributed by atoms with E-state index in [1.165, 1.54) is 25.1 Å². The van der Waals surface area contributed by atoms with E-state index in [0.29, 0.717) is 55.0 Å². The highest BCUT2D eigenvalue weighted by Crippen LogP contribution is 2.36. The second-order valence-electron chi connectivity index (χ2n) is 13.3. The fraction of sp³-hybridized carbons (Fsp3) is 0.486. The number of amides is 1. The number of fused-ring (bicyclic) bond motifs is 4. The Balaban J connectivity index is 1.85. The Bertz CT molecular complexity index is 1730. The molecule has 2 heterocycles. The van der Waals surface area contributed by atoms with Crippen LogP contribution in [-0.2, 0) is 28.6 Å². The van der Waals surface area contributed by atoms with Gasteiger partial charge in [0.2, 0.25) is 5.91 Å². The van der Waals surface area contributed by atoms with Gasteiger partial charge in [-0.2, -0.15) is 13.2 Å². The molecule has 2 bridgehead atoms. The van der Waals surface area contributed by atoms with Crippen molar-refractivity contribution in [1.82, 2.24) is 14.8 Å². The predicted molar refractivity (Wildman–Crippen MR) is 177 cm³/mol. The van der Waals surface area contributed by atoms with Gasteiger partial charge in [-0.1, -0.05) is 25.7 Å². The number of carboxylic acid groups (broad SMARTS) is 1. The second-order valence-corrected chi connectivity index (χ2v) is 13.3. The van der Waals surface area contributed by atoms with E-state index in [1.807, 2.05) is 4.90 Å². The van der Waals surface area contributed by atoms with Gasteiger partial charge in [-0.3, -0.25) is 14.4 Å². The maximum Gasteiger partial charge on any atom is 0.416 e. The Kier molecular flexibility index (Phi) is 12.4. The van der Waals surface area contributed by atoms with Gasteiger partial charge < -0.3 is 19.9 Å². The molecule has 0 aliphatic carbocycles. The number of hydrogen-bond donors (Lipinski definition) is 2. The van der Waals surface area contributed by atoms with Gasteiger partial charge in [0.05, 0.1) is 18.0 Å². The average Bonchev–Trinajstić information content (AvgIpc) is 2.98. The summed E-state index contributed by atoms with van der Waals surface area (Å²) in [7, 11) is 3.59. The molecule has 2 aromatic carbocycles. The smallest absolute Gasteiger partial charge is 0.416 e. The zero-order valence-electron chi connectivity index (χ0n) is 28.4. The second kappa shape index (κ2) is 16.1. The summed E-state index contributed by atoms with van der Waals surface area (Å²) < 4.78 is 73.5. The molecule has 0 unspecified atom stereocenters. The van der Waals surface area contributed by atoms with Crippen LogP contribution in [-0.4, -0.2) is 47.1 Å². The Morgan fingerprint density at radius 2 is 1.67 bits per heavy atom. The molecule has 12 heteroatoms. The van der Waals surface area contributed by atoms with Crippen molar-refractivity contribution in [3.8, 4) is 11.1 Å². The van der Waals surface area contributed by atoms with Crippen LogP contribution in [0.1, 0.15) is 96.8 Å². The number of pyridine rings is 1. The fourth-order valence-corrected chi connectivity index (χ4v) is 6.76. The van der Waals surface area contributed by atoms with E-state index in [9.17, 15) is 37.1 Å². The van der Waals surface area contributed by atoms with Gasteiger partial charge in [-0.05, 0) is 124 Å². The molecule has 3 aromatic rings. The number of halogens is 5. The summed E-state index contributed by atoms with van der Waals surface area (Å²) in [6.07, 6.45) is -0.0149. The van der Waals surface area contributed by atoms with Gasteiger partial charge in [0.1, 0.15) is 17.7 Å². The first-order valence-electron chi connectivity index (χ1n) is 16.7. The van der Waals surface area contributed by atoms with Crippen LogP contribution >= 0.6 is 0 Å². The summed E-state index contributed by atoms with van der Waals surface area (Å²) in [4.78, 5) is 41.3. The monoisotopic (exact) mass is 689 g/mol. The summed E-state index contributed by atoms with van der Waals surface area (Å²) in [5, 5.41) is 12.5. The normalized spacial score (nSPS) is 17.9. The maximum absolute atomic E-state index is 15.9. The quantitative estimate of drug-likeness (QED) is 0.248. The summed E-state index contributed by atoms with van der Waals surface area (Å²) in [6.45, 7) is 3.76. The highest BCUT2D eigenvalue weighted by Gasteiger charge is 2.36. The van der Waals surface area contributed by atoms with Crippen molar-refractivity contribution in [2.75, 3.05) is 20.6 Å². The van der Waals surface area contributed by atoms with Crippen LogP contribution in [0.2, 0.25) is 0 Å². The number of nitrogens with one attached hydrogen (secondary N) is 1. The molecule has 266 valence electrons. The van der Waals surface area contributed by atoms with Crippen LogP contribution < -0.4 is 10.9 Å². The molecule has 1 aliphatic heterocycles. The standard InChI is InChI=1S/C37H44F5N3O4/c1-22-16-27(38)17-24-11-8-6-5-7-9-13-31(45-21-25(12-10-14-44(3)4)29(19-32(45)46)37(40,41)42)36(49)43-30(20-33(47)48)28-18-26(34(22)24)15-23(2)35(28)39/h15-19,21,30-31H,5-14,20H2,1-4H3,(H,43,49)(H,47,48)/t30-,31-/m0/s1. The Hall–Kier alpha value is -4.06. The SMILES string of the molecule is Cc1cc2cc(c1F)[C@H](CC(=O)O)NC(=O)[C@@H](n1cc(CCCN(C)C)c(C(F)(F)F)cc1=O)CCCCCCCc1cc(F)cc(C)c1-2. The lowest BCUT2D eigenvalue weighted by atomic mass is 9.88. The molecular weight excluding hydrogens is 645 g/mol. The third-order valence-corrected chi connectivity index (χ3v) is 9.11. The summed E-state index contributed by atoms with van der Waals surface area (Å²) in [5.41, 5.74) is 0.479. The number of benzene rings is 2. The zero-order chi connectivity index (χ0) is 36.0. The first-order chi connectivity index (χ1) is 23.1. The van der Waals surface area contributed by atoms with Crippen molar-refractivity contribution in [2.45, 2.75) is 96.3 Å². The molecule has 2 atom stereocenters. The Morgan fingerprint density at radius 1 is 0.980 bits per heavy atom. The van der Waals surface area contributed by atoms with Crippen molar-refractivity contribution >= 4 is 11.9 Å². The molecule has 4 rings (SSSR count). The summed E-state index contributed by atoms with van der Waals surface area (Å²) in [5.74, 6) is -3.26. The largest absolute Gasteiger partial charge is 0.481 e. The van der Waals surface area contributed by atoms with E-state index in [-0.39, 0.29) is 29.5 Å². The number of carbonyl (C=O) groups excluding carboxylic acids is 1.